The first-order valence-electron chi connectivity index (χ1n) is 6.83. The lowest BCUT2D eigenvalue weighted by atomic mass is 10.0. The van der Waals surface area contributed by atoms with Gasteiger partial charge < -0.3 is 5.11 Å². The number of fused-ring (bicyclic) bond motifs is 1. The summed E-state index contributed by atoms with van der Waals surface area (Å²) in [6, 6.07) is 14.5. The first-order valence-corrected chi connectivity index (χ1v) is 6.83. The van der Waals surface area contributed by atoms with Gasteiger partial charge in [0.05, 0.1) is 23.6 Å². The molecule has 22 heavy (non-hydrogen) atoms. The van der Waals surface area contributed by atoms with E-state index in [1.165, 1.54) is 0 Å². The van der Waals surface area contributed by atoms with Crippen LogP contribution < -0.4 is 0 Å². The number of hydrogen-bond donors (Lipinski definition) is 1. The molecule has 1 N–H and O–H groups in total. The maximum atomic E-state index is 12.5. The van der Waals surface area contributed by atoms with Crippen LogP contribution in [0.1, 0.15) is 38.7 Å². The van der Waals surface area contributed by atoms with Gasteiger partial charge in [-0.25, -0.2) is 0 Å². The summed E-state index contributed by atoms with van der Waals surface area (Å²) in [4.78, 5) is 37.3. The highest BCUT2D eigenvalue weighted by Gasteiger charge is 2.40. The zero-order valence-corrected chi connectivity index (χ0v) is 11.6. The molecule has 0 bridgehead atoms. The number of amides is 2. The third kappa shape index (κ3) is 2.26. The van der Waals surface area contributed by atoms with Gasteiger partial charge in [0.25, 0.3) is 11.8 Å². The molecule has 1 aliphatic heterocycles. The quantitative estimate of drug-likeness (QED) is 0.879. The van der Waals surface area contributed by atoms with Gasteiger partial charge in [0.2, 0.25) is 0 Å². The van der Waals surface area contributed by atoms with Gasteiger partial charge in [0, 0.05) is 0 Å². The number of imide groups is 1. The van der Waals surface area contributed by atoms with Gasteiger partial charge in [-0.15, -0.1) is 0 Å². The van der Waals surface area contributed by atoms with E-state index in [4.69, 9.17) is 5.11 Å². The van der Waals surface area contributed by atoms with Gasteiger partial charge in [-0.1, -0.05) is 42.5 Å². The molecule has 5 nitrogen and oxygen atoms in total. The van der Waals surface area contributed by atoms with Crippen molar-refractivity contribution in [2.75, 3.05) is 0 Å². The molecule has 0 radical (unpaired) electrons. The Labute approximate surface area is 126 Å². The number of carboxylic acid groups (broad SMARTS) is 1. The zero-order valence-electron chi connectivity index (χ0n) is 11.6. The second-order valence-electron chi connectivity index (χ2n) is 5.05. The molecule has 2 aromatic carbocycles. The molecule has 0 aromatic heterocycles. The normalized spacial score (nSPS) is 14.8. The van der Waals surface area contributed by atoms with Crippen LogP contribution in [0.15, 0.2) is 54.6 Å². The van der Waals surface area contributed by atoms with E-state index >= 15 is 0 Å². The Bertz CT molecular complexity index is 719. The standard InChI is InChI=1S/C17H13NO4/c19-15(20)10-14(11-6-2-1-3-7-11)18-16(21)12-8-4-5-9-13(12)17(18)22/h1-9,14H,10H2,(H,19,20). The maximum Gasteiger partial charge on any atom is 0.305 e. The minimum Gasteiger partial charge on any atom is -0.481 e. The van der Waals surface area contributed by atoms with Gasteiger partial charge in [-0.3, -0.25) is 19.3 Å². The lowest BCUT2D eigenvalue weighted by Crippen LogP contribution is -2.35. The predicted octanol–water partition coefficient (Wildman–Crippen LogP) is 2.50. The number of carbonyl (C=O) groups is 3. The molecule has 3 rings (SSSR count). The lowest BCUT2D eigenvalue weighted by molar-refractivity contribution is -0.138. The molecule has 1 heterocycles. The van der Waals surface area contributed by atoms with Crippen LogP contribution in [0, 0.1) is 0 Å². The summed E-state index contributed by atoms with van der Waals surface area (Å²) in [6.07, 6.45) is -0.324. The van der Waals surface area contributed by atoms with Crippen LogP contribution in [-0.2, 0) is 4.79 Å². The fraction of sp³-hybridized carbons (Fsp3) is 0.118. The topological polar surface area (TPSA) is 74.7 Å². The molecule has 0 saturated heterocycles. The van der Waals surface area contributed by atoms with E-state index in [-0.39, 0.29) is 6.42 Å². The fourth-order valence-corrected chi connectivity index (χ4v) is 2.69. The summed E-state index contributed by atoms with van der Waals surface area (Å²) in [5, 5.41) is 9.15. The molecular weight excluding hydrogens is 282 g/mol. The molecule has 110 valence electrons. The van der Waals surface area contributed by atoms with E-state index in [9.17, 15) is 14.4 Å². The van der Waals surface area contributed by atoms with E-state index in [1.807, 2.05) is 0 Å². The largest absolute Gasteiger partial charge is 0.481 e. The molecule has 0 saturated carbocycles. The minimum atomic E-state index is -1.06. The summed E-state index contributed by atoms with van der Waals surface area (Å²) in [6.45, 7) is 0. The van der Waals surface area contributed by atoms with Gasteiger partial charge in [-0.05, 0) is 17.7 Å². The van der Waals surface area contributed by atoms with Crippen LogP contribution >= 0.6 is 0 Å². The Morgan fingerprint density at radius 1 is 0.909 bits per heavy atom. The van der Waals surface area contributed by atoms with E-state index < -0.39 is 23.8 Å². The van der Waals surface area contributed by atoms with Crippen LogP contribution in [-0.4, -0.2) is 27.8 Å². The second-order valence-corrected chi connectivity index (χ2v) is 5.05. The number of hydrogen-bond acceptors (Lipinski definition) is 3. The highest BCUT2D eigenvalue weighted by atomic mass is 16.4. The number of benzene rings is 2. The molecule has 1 aliphatic rings. The van der Waals surface area contributed by atoms with E-state index in [0.717, 1.165) is 4.90 Å². The van der Waals surface area contributed by atoms with Crippen LogP contribution in [0.5, 0.6) is 0 Å². The Hall–Kier alpha value is -2.95. The van der Waals surface area contributed by atoms with Crippen molar-refractivity contribution in [1.29, 1.82) is 0 Å². The number of carboxylic acids is 1. The predicted molar refractivity (Wildman–Crippen MR) is 78.4 cm³/mol. The van der Waals surface area contributed by atoms with Crippen molar-refractivity contribution in [2.45, 2.75) is 12.5 Å². The van der Waals surface area contributed by atoms with Crippen LogP contribution in [0.3, 0.4) is 0 Å². The first-order chi connectivity index (χ1) is 10.6. The van der Waals surface area contributed by atoms with Gasteiger partial charge >= 0.3 is 5.97 Å². The summed E-state index contributed by atoms with van der Waals surface area (Å²) in [7, 11) is 0. The van der Waals surface area contributed by atoms with Crippen LogP contribution in [0.4, 0.5) is 0 Å². The first kappa shape index (κ1) is 14.0. The molecule has 0 spiro atoms. The lowest BCUT2D eigenvalue weighted by Gasteiger charge is -2.25. The van der Waals surface area contributed by atoms with Crippen molar-refractivity contribution in [3.05, 3.63) is 71.3 Å². The fourth-order valence-electron chi connectivity index (χ4n) is 2.69. The number of aliphatic carboxylic acids is 1. The van der Waals surface area contributed by atoms with Crippen molar-refractivity contribution in [1.82, 2.24) is 4.90 Å². The van der Waals surface area contributed by atoms with Gasteiger partial charge in [0.1, 0.15) is 0 Å². The third-order valence-corrected chi connectivity index (χ3v) is 3.69. The van der Waals surface area contributed by atoms with Crippen molar-refractivity contribution in [3.63, 3.8) is 0 Å². The maximum absolute atomic E-state index is 12.5. The smallest absolute Gasteiger partial charge is 0.305 e. The van der Waals surface area contributed by atoms with E-state index in [1.54, 1.807) is 54.6 Å². The minimum absolute atomic E-state index is 0.318. The molecule has 1 unspecified atom stereocenters. The molecule has 0 fully saturated rings. The average Bonchev–Trinajstić information content (AvgIpc) is 2.78. The highest BCUT2D eigenvalue weighted by molar-refractivity contribution is 6.21. The van der Waals surface area contributed by atoms with Crippen molar-refractivity contribution in [3.8, 4) is 0 Å². The van der Waals surface area contributed by atoms with Gasteiger partial charge in [0.15, 0.2) is 0 Å². The monoisotopic (exact) mass is 295 g/mol. The van der Waals surface area contributed by atoms with Crippen molar-refractivity contribution >= 4 is 17.8 Å². The molecule has 5 heteroatoms. The molecule has 2 aromatic rings. The number of carbonyl (C=O) groups excluding carboxylic acids is 2. The van der Waals surface area contributed by atoms with Crippen molar-refractivity contribution < 1.29 is 19.5 Å². The SMILES string of the molecule is O=C(O)CC(c1ccccc1)N1C(=O)c2ccccc2C1=O. The highest BCUT2D eigenvalue weighted by Crippen LogP contribution is 2.33. The molecular formula is C17H13NO4. The van der Waals surface area contributed by atoms with Gasteiger partial charge in [-0.2, -0.15) is 0 Å². The van der Waals surface area contributed by atoms with Crippen LogP contribution in [0.2, 0.25) is 0 Å². The summed E-state index contributed by atoms with van der Waals surface area (Å²) >= 11 is 0. The second kappa shape index (κ2) is 5.44. The van der Waals surface area contributed by atoms with E-state index in [2.05, 4.69) is 0 Å². The molecule has 2 amide bonds. The zero-order chi connectivity index (χ0) is 15.7. The third-order valence-electron chi connectivity index (χ3n) is 3.69. The Morgan fingerprint density at radius 2 is 1.41 bits per heavy atom. The summed E-state index contributed by atoms with van der Waals surface area (Å²) in [5.74, 6) is -1.96. The Morgan fingerprint density at radius 3 is 1.91 bits per heavy atom. The van der Waals surface area contributed by atoms with E-state index in [0.29, 0.717) is 16.7 Å². The summed E-state index contributed by atoms with van der Waals surface area (Å²) in [5.41, 5.74) is 1.26. The van der Waals surface area contributed by atoms with Crippen LogP contribution in [0.25, 0.3) is 0 Å². The summed E-state index contributed by atoms with van der Waals surface area (Å²) < 4.78 is 0. The Balaban J connectivity index is 2.05. The molecule has 0 aliphatic carbocycles. The number of rotatable bonds is 4. The van der Waals surface area contributed by atoms with Crippen molar-refractivity contribution in [2.24, 2.45) is 0 Å². The Kier molecular flexibility index (Phi) is 3.47. The molecule has 1 atom stereocenters. The average molecular weight is 295 g/mol. The number of nitrogens with zero attached hydrogens (tertiary/aromatic N) is 1.